The molecule has 1 aromatic rings. The number of carbonyl (C=O) groups is 3. The van der Waals surface area contributed by atoms with Crippen molar-refractivity contribution in [2.24, 2.45) is 0 Å². The SMILES string of the molecule is CC(=O)N1CCN(CC(=O)NNC(=O)COc2ccc(Br)cc2)CC1. The molecule has 2 N–H and O–H groups in total. The fraction of sp³-hybridized carbons (Fsp3) is 0.438. The summed E-state index contributed by atoms with van der Waals surface area (Å²) in [7, 11) is 0. The number of hydrogen-bond acceptors (Lipinski definition) is 5. The maximum Gasteiger partial charge on any atom is 0.276 e. The molecule has 0 bridgehead atoms. The van der Waals surface area contributed by atoms with Crippen molar-refractivity contribution in [2.45, 2.75) is 6.92 Å². The molecular formula is C16H21BrN4O4. The number of nitrogens with zero attached hydrogens (tertiary/aromatic N) is 2. The zero-order chi connectivity index (χ0) is 18.2. The standard InChI is InChI=1S/C16H21BrN4O4/c1-12(22)21-8-6-20(7-9-21)10-15(23)18-19-16(24)11-25-14-4-2-13(17)3-5-14/h2-5H,6-11H2,1H3,(H,18,23)(H,19,24). The second-order valence-electron chi connectivity index (χ2n) is 5.62. The van der Waals surface area contributed by atoms with Gasteiger partial charge in [0.15, 0.2) is 6.61 Å². The summed E-state index contributed by atoms with van der Waals surface area (Å²) < 4.78 is 6.22. The molecule has 9 heteroatoms. The number of amides is 3. The molecule has 25 heavy (non-hydrogen) atoms. The normalized spacial score (nSPS) is 14.7. The Morgan fingerprint density at radius 1 is 1.04 bits per heavy atom. The maximum atomic E-state index is 11.8. The lowest BCUT2D eigenvalue weighted by Crippen LogP contribution is -2.53. The van der Waals surface area contributed by atoms with Crippen LogP contribution < -0.4 is 15.6 Å². The highest BCUT2D eigenvalue weighted by Crippen LogP contribution is 2.15. The van der Waals surface area contributed by atoms with Crippen molar-refractivity contribution in [1.82, 2.24) is 20.7 Å². The van der Waals surface area contributed by atoms with Crippen LogP contribution in [-0.4, -0.2) is 66.9 Å². The number of hydrazine groups is 1. The second-order valence-corrected chi connectivity index (χ2v) is 6.54. The molecule has 1 saturated heterocycles. The summed E-state index contributed by atoms with van der Waals surface area (Å²) in [4.78, 5) is 38.5. The van der Waals surface area contributed by atoms with Crippen LogP contribution in [0.15, 0.2) is 28.7 Å². The van der Waals surface area contributed by atoms with E-state index < -0.39 is 5.91 Å². The lowest BCUT2D eigenvalue weighted by atomic mass is 10.3. The van der Waals surface area contributed by atoms with E-state index in [2.05, 4.69) is 26.8 Å². The summed E-state index contributed by atoms with van der Waals surface area (Å²) in [6, 6.07) is 7.08. The van der Waals surface area contributed by atoms with Gasteiger partial charge < -0.3 is 9.64 Å². The van der Waals surface area contributed by atoms with E-state index in [1.54, 1.807) is 29.2 Å². The minimum atomic E-state index is -0.447. The maximum absolute atomic E-state index is 11.8. The first-order chi connectivity index (χ1) is 11.9. The first-order valence-electron chi connectivity index (χ1n) is 7.88. The quantitative estimate of drug-likeness (QED) is 0.671. The van der Waals surface area contributed by atoms with Crippen molar-refractivity contribution in [2.75, 3.05) is 39.3 Å². The van der Waals surface area contributed by atoms with Gasteiger partial charge in [-0.2, -0.15) is 0 Å². The molecule has 0 atom stereocenters. The van der Waals surface area contributed by atoms with Gasteiger partial charge in [-0.25, -0.2) is 0 Å². The summed E-state index contributed by atoms with van der Waals surface area (Å²) in [6.45, 7) is 3.99. The summed E-state index contributed by atoms with van der Waals surface area (Å²) >= 11 is 3.31. The molecule has 0 aliphatic carbocycles. The van der Waals surface area contributed by atoms with Gasteiger partial charge in [-0.3, -0.25) is 30.1 Å². The van der Waals surface area contributed by atoms with Gasteiger partial charge in [-0.05, 0) is 24.3 Å². The molecule has 2 rings (SSSR count). The van der Waals surface area contributed by atoms with Crippen molar-refractivity contribution in [3.63, 3.8) is 0 Å². The van der Waals surface area contributed by atoms with Gasteiger partial charge in [0, 0.05) is 37.6 Å². The van der Waals surface area contributed by atoms with Crippen LogP contribution in [0.4, 0.5) is 0 Å². The van der Waals surface area contributed by atoms with Gasteiger partial charge in [0.2, 0.25) is 5.91 Å². The van der Waals surface area contributed by atoms with E-state index in [-0.39, 0.29) is 25.0 Å². The zero-order valence-corrected chi connectivity index (χ0v) is 15.5. The van der Waals surface area contributed by atoms with E-state index in [0.717, 1.165) is 4.47 Å². The van der Waals surface area contributed by atoms with Gasteiger partial charge in [-0.1, -0.05) is 15.9 Å². The Balaban J connectivity index is 1.62. The lowest BCUT2D eigenvalue weighted by molar-refractivity contribution is -0.132. The smallest absolute Gasteiger partial charge is 0.276 e. The third-order valence-corrected chi connectivity index (χ3v) is 4.24. The van der Waals surface area contributed by atoms with Gasteiger partial charge in [0.05, 0.1) is 6.54 Å². The largest absolute Gasteiger partial charge is 0.484 e. The molecule has 0 saturated carbocycles. The summed E-state index contributed by atoms with van der Waals surface area (Å²) in [5, 5.41) is 0. The molecule has 1 aliphatic heterocycles. The first-order valence-corrected chi connectivity index (χ1v) is 8.67. The van der Waals surface area contributed by atoms with E-state index >= 15 is 0 Å². The Morgan fingerprint density at radius 2 is 1.64 bits per heavy atom. The number of piperazine rings is 1. The summed E-state index contributed by atoms with van der Waals surface area (Å²) in [6.07, 6.45) is 0. The number of benzene rings is 1. The number of halogens is 1. The molecule has 8 nitrogen and oxygen atoms in total. The first kappa shape index (κ1) is 19.2. The van der Waals surface area contributed by atoms with E-state index in [9.17, 15) is 14.4 Å². The molecule has 0 spiro atoms. The van der Waals surface area contributed by atoms with Gasteiger partial charge >= 0.3 is 0 Å². The molecule has 0 unspecified atom stereocenters. The highest BCUT2D eigenvalue weighted by Gasteiger charge is 2.20. The summed E-state index contributed by atoms with van der Waals surface area (Å²) in [5.74, 6) is -0.152. The van der Waals surface area contributed by atoms with E-state index in [4.69, 9.17) is 4.74 Å². The van der Waals surface area contributed by atoms with Crippen LogP contribution in [0.3, 0.4) is 0 Å². The zero-order valence-electron chi connectivity index (χ0n) is 14.0. The van der Waals surface area contributed by atoms with Crippen LogP contribution in [0.2, 0.25) is 0 Å². The minimum Gasteiger partial charge on any atom is -0.484 e. The number of rotatable bonds is 5. The third-order valence-electron chi connectivity index (χ3n) is 3.71. The number of nitrogens with one attached hydrogen (secondary N) is 2. The molecule has 0 radical (unpaired) electrons. The van der Waals surface area contributed by atoms with Crippen molar-refractivity contribution >= 4 is 33.7 Å². The molecule has 3 amide bonds. The molecular weight excluding hydrogens is 392 g/mol. The van der Waals surface area contributed by atoms with E-state index in [1.165, 1.54) is 6.92 Å². The number of hydrogen-bond donors (Lipinski definition) is 2. The average Bonchev–Trinajstić information content (AvgIpc) is 2.60. The van der Waals surface area contributed by atoms with Gasteiger partial charge in [-0.15, -0.1) is 0 Å². The van der Waals surface area contributed by atoms with Crippen molar-refractivity contribution in [1.29, 1.82) is 0 Å². The Morgan fingerprint density at radius 3 is 2.24 bits per heavy atom. The van der Waals surface area contributed by atoms with Crippen molar-refractivity contribution < 1.29 is 19.1 Å². The molecule has 1 aliphatic rings. The average molecular weight is 413 g/mol. The Hall–Kier alpha value is -2.13. The minimum absolute atomic E-state index is 0.0436. The molecule has 1 heterocycles. The molecule has 136 valence electrons. The highest BCUT2D eigenvalue weighted by atomic mass is 79.9. The van der Waals surface area contributed by atoms with Crippen LogP contribution in [-0.2, 0) is 14.4 Å². The van der Waals surface area contributed by atoms with E-state index in [1.807, 2.05) is 4.90 Å². The monoisotopic (exact) mass is 412 g/mol. The molecule has 1 aromatic carbocycles. The fourth-order valence-corrected chi connectivity index (χ4v) is 2.58. The Bertz CT molecular complexity index is 615. The Kier molecular flexibility index (Phi) is 7.20. The topological polar surface area (TPSA) is 91.0 Å². The third kappa shape index (κ3) is 6.71. The van der Waals surface area contributed by atoms with Crippen LogP contribution in [0.25, 0.3) is 0 Å². The second kappa shape index (κ2) is 9.38. The Labute approximate surface area is 154 Å². The molecule has 0 aromatic heterocycles. The lowest BCUT2D eigenvalue weighted by Gasteiger charge is -2.33. The van der Waals surface area contributed by atoms with Crippen molar-refractivity contribution in [3.8, 4) is 5.75 Å². The fourth-order valence-electron chi connectivity index (χ4n) is 2.32. The number of carbonyl (C=O) groups excluding carboxylic acids is 3. The van der Waals surface area contributed by atoms with Crippen LogP contribution in [0, 0.1) is 0 Å². The van der Waals surface area contributed by atoms with Crippen LogP contribution in [0.1, 0.15) is 6.92 Å². The molecule has 1 fully saturated rings. The highest BCUT2D eigenvalue weighted by molar-refractivity contribution is 9.10. The predicted octanol–water partition coefficient (Wildman–Crippen LogP) is 0.139. The van der Waals surface area contributed by atoms with Crippen LogP contribution >= 0.6 is 15.9 Å². The van der Waals surface area contributed by atoms with Crippen LogP contribution in [0.5, 0.6) is 5.75 Å². The predicted molar refractivity (Wildman–Crippen MR) is 94.6 cm³/mol. The van der Waals surface area contributed by atoms with Crippen molar-refractivity contribution in [3.05, 3.63) is 28.7 Å². The summed E-state index contributed by atoms with van der Waals surface area (Å²) in [5.41, 5.74) is 4.68. The van der Waals surface area contributed by atoms with Gasteiger partial charge in [0.1, 0.15) is 5.75 Å². The van der Waals surface area contributed by atoms with E-state index in [0.29, 0.717) is 31.9 Å². The van der Waals surface area contributed by atoms with Gasteiger partial charge in [0.25, 0.3) is 11.8 Å². The number of ether oxygens (including phenoxy) is 1.